The third-order valence-electron chi connectivity index (χ3n) is 5.18. The van der Waals surface area contributed by atoms with Gasteiger partial charge in [0.2, 0.25) is 0 Å². The van der Waals surface area contributed by atoms with Crippen molar-refractivity contribution in [1.82, 2.24) is 14.1 Å². The maximum absolute atomic E-state index is 13.0. The van der Waals surface area contributed by atoms with E-state index in [-0.39, 0.29) is 5.56 Å². The summed E-state index contributed by atoms with van der Waals surface area (Å²) in [7, 11) is 0. The first kappa shape index (κ1) is 14.9. The predicted octanol–water partition coefficient (Wildman–Crippen LogP) is 3.49. The lowest BCUT2D eigenvalue weighted by molar-refractivity contribution is 0.635. The van der Waals surface area contributed by atoms with Gasteiger partial charge in [0.05, 0.1) is 29.1 Å². The van der Waals surface area contributed by atoms with Gasteiger partial charge in [0.25, 0.3) is 5.56 Å². The molecule has 4 aromatic rings. The lowest BCUT2D eigenvalue weighted by atomic mass is 10.0. The highest BCUT2D eigenvalue weighted by molar-refractivity contribution is 5.92. The molecule has 0 bridgehead atoms. The largest absolute Gasteiger partial charge is 0.337 e. The van der Waals surface area contributed by atoms with Crippen LogP contribution in [0.2, 0.25) is 0 Å². The molecule has 5 rings (SSSR count). The van der Waals surface area contributed by atoms with Gasteiger partial charge in [-0.1, -0.05) is 30.3 Å². The van der Waals surface area contributed by atoms with E-state index in [0.29, 0.717) is 36.2 Å². The van der Waals surface area contributed by atoms with Gasteiger partial charge in [-0.2, -0.15) is 5.26 Å². The van der Waals surface area contributed by atoms with E-state index in [4.69, 9.17) is 10.2 Å². The molecule has 0 aliphatic carbocycles. The Balaban J connectivity index is 1.90. The number of nitriles is 1. The van der Waals surface area contributed by atoms with Gasteiger partial charge in [0.1, 0.15) is 0 Å². The number of nitrogens with zero attached hydrogens (tertiary/aromatic N) is 4. The van der Waals surface area contributed by atoms with Crippen molar-refractivity contribution < 1.29 is 0 Å². The first-order valence-electron chi connectivity index (χ1n) is 8.76. The van der Waals surface area contributed by atoms with Crippen molar-refractivity contribution in [1.29, 1.82) is 5.26 Å². The average molecular weight is 340 g/mol. The first-order chi connectivity index (χ1) is 12.8. The lowest BCUT2D eigenvalue weighted by Crippen LogP contribution is -2.28. The number of hydrogen-bond acceptors (Lipinski definition) is 3. The van der Waals surface area contributed by atoms with Crippen molar-refractivity contribution in [2.45, 2.75) is 25.9 Å². The normalized spacial score (nSPS) is 12.7. The highest BCUT2D eigenvalue weighted by Crippen LogP contribution is 2.36. The maximum atomic E-state index is 13.0. The highest BCUT2D eigenvalue weighted by atomic mass is 16.1. The van der Waals surface area contributed by atoms with E-state index in [9.17, 15) is 4.79 Å². The fourth-order valence-electron chi connectivity index (χ4n) is 4.06. The molecule has 3 heterocycles. The summed E-state index contributed by atoms with van der Waals surface area (Å²) in [5, 5.41) is 10.9. The molecule has 0 amide bonds. The van der Waals surface area contributed by atoms with Gasteiger partial charge in [-0.05, 0) is 30.2 Å². The Morgan fingerprint density at radius 1 is 1.08 bits per heavy atom. The van der Waals surface area contributed by atoms with E-state index in [2.05, 4.69) is 22.8 Å². The first-order valence-corrected chi connectivity index (χ1v) is 8.76. The van der Waals surface area contributed by atoms with Crippen LogP contribution in [0.4, 0.5) is 0 Å². The molecule has 2 aromatic carbocycles. The summed E-state index contributed by atoms with van der Waals surface area (Å²) >= 11 is 0. The number of benzene rings is 2. The molecule has 0 atom stereocenters. The maximum Gasteiger partial charge on any atom is 0.261 e. The lowest BCUT2D eigenvalue weighted by Gasteiger charge is -2.21. The third kappa shape index (κ3) is 1.96. The zero-order chi connectivity index (χ0) is 17.7. The van der Waals surface area contributed by atoms with Crippen molar-refractivity contribution in [3.05, 3.63) is 64.4 Å². The summed E-state index contributed by atoms with van der Waals surface area (Å²) in [5.41, 5.74) is 4.03. The van der Waals surface area contributed by atoms with Crippen LogP contribution in [0.15, 0.2) is 53.3 Å². The van der Waals surface area contributed by atoms with Crippen LogP contribution < -0.4 is 5.56 Å². The monoisotopic (exact) mass is 340 g/mol. The molecule has 0 fully saturated rings. The van der Waals surface area contributed by atoms with E-state index in [1.165, 1.54) is 10.9 Å². The van der Waals surface area contributed by atoms with Gasteiger partial charge >= 0.3 is 0 Å². The van der Waals surface area contributed by atoms with E-state index in [1.807, 2.05) is 36.4 Å². The SMILES string of the molecule is N#CCCn1c2c(c3ccccc31)CCn1c-2nc2ccccc2c1=O. The summed E-state index contributed by atoms with van der Waals surface area (Å²) in [6.45, 7) is 1.22. The summed E-state index contributed by atoms with van der Waals surface area (Å²) in [6.07, 6.45) is 1.21. The Morgan fingerprint density at radius 3 is 2.69 bits per heavy atom. The van der Waals surface area contributed by atoms with Crippen molar-refractivity contribution in [2.24, 2.45) is 0 Å². The number of hydrogen-bond donors (Lipinski definition) is 0. The topological polar surface area (TPSA) is 63.6 Å². The Labute approximate surface area is 149 Å². The van der Waals surface area contributed by atoms with Gasteiger partial charge in [0.15, 0.2) is 5.82 Å². The van der Waals surface area contributed by atoms with E-state index >= 15 is 0 Å². The van der Waals surface area contributed by atoms with E-state index in [1.54, 1.807) is 4.57 Å². The molecule has 26 heavy (non-hydrogen) atoms. The fourth-order valence-corrected chi connectivity index (χ4v) is 4.06. The van der Waals surface area contributed by atoms with Crippen molar-refractivity contribution in [2.75, 3.05) is 0 Å². The molecule has 126 valence electrons. The Kier molecular flexibility index (Phi) is 3.19. The average Bonchev–Trinajstić information content (AvgIpc) is 3.01. The van der Waals surface area contributed by atoms with Gasteiger partial charge in [-0.15, -0.1) is 0 Å². The molecule has 0 N–H and O–H groups in total. The Hall–Kier alpha value is -3.39. The molecular formula is C21H16N4O. The molecule has 0 unspecified atom stereocenters. The molecule has 5 nitrogen and oxygen atoms in total. The molecule has 0 saturated carbocycles. The fraction of sp³-hybridized carbons (Fsp3) is 0.190. The van der Waals surface area contributed by atoms with Crippen molar-refractivity contribution in [3.8, 4) is 17.6 Å². The van der Waals surface area contributed by atoms with Crippen LogP contribution in [-0.4, -0.2) is 14.1 Å². The van der Waals surface area contributed by atoms with Crippen LogP contribution in [0.1, 0.15) is 12.0 Å². The second-order valence-corrected chi connectivity index (χ2v) is 6.56. The molecule has 0 saturated heterocycles. The number of para-hydroxylation sites is 2. The summed E-state index contributed by atoms with van der Waals surface area (Å²) in [6, 6.07) is 18.0. The summed E-state index contributed by atoms with van der Waals surface area (Å²) < 4.78 is 3.94. The number of fused-ring (bicyclic) bond motifs is 6. The molecule has 0 spiro atoms. The molecule has 0 radical (unpaired) electrons. The number of aryl methyl sites for hydroxylation is 2. The molecular weight excluding hydrogens is 324 g/mol. The van der Waals surface area contributed by atoms with Crippen LogP contribution >= 0.6 is 0 Å². The van der Waals surface area contributed by atoms with Crippen molar-refractivity contribution >= 4 is 21.8 Å². The zero-order valence-corrected chi connectivity index (χ0v) is 14.1. The van der Waals surface area contributed by atoms with Gasteiger partial charge < -0.3 is 4.57 Å². The van der Waals surface area contributed by atoms with E-state index in [0.717, 1.165) is 17.6 Å². The smallest absolute Gasteiger partial charge is 0.261 e. The Bertz CT molecular complexity index is 1270. The summed E-state index contributed by atoms with van der Waals surface area (Å²) in [5.74, 6) is 0.712. The summed E-state index contributed by atoms with van der Waals surface area (Å²) in [4.78, 5) is 17.8. The van der Waals surface area contributed by atoms with Crippen LogP contribution in [-0.2, 0) is 19.5 Å². The number of aromatic nitrogens is 3. The van der Waals surface area contributed by atoms with Crippen LogP contribution in [0.5, 0.6) is 0 Å². The molecule has 5 heteroatoms. The Morgan fingerprint density at radius 2 is 1.85 bits per heavy atom. The predicted molar refractivity (Wildman–Crippen MR) is 101 cm³/mol. The van der Waals surface area contributed by atoms with Crippen LogP contribution in [0, 0.1) is 11.3 Å². The molecule has 1 aliphatic rings. The quantitative estimate of drug-likeness (QED) is 0.561. The van der Waals surface area contributed by atoms with Crippen molar-refractivity contribution in [3.63, 3.8) is 0 Å². The standard InChI is InChI=1S/C21H16N4O/c22-11-5-12-24-18-9-4-2-6-14(18)15-10-13-25-20(19(15)24)23-17-8-3-1-7-16(17)21(25)26/h1-4,6-9H,5,10,12-13H2. The second-order valence-electron chi connectivity index (χ2n) is 6.56. The third-order valence-corrected chi connectivity index (χ3v) is 5.18. The minimum Gasteiger partial charge on any atom is -0.337 e. The second kappa shape index (κ2) is 5.57. The van der Waals surface area contributed by atoms with Gasteiger partial charge in [-0.3, -0.25) is 9.36 Å². The molecule has 1 aliphatic heterocycles. The van der Waals surface area contributed by atoms with Gasteiger partial charge in [-0.25, -0.2) is 4.98 Å². The minimum absolute atomic E-state index is 0.00772. The van der Waals surface area contributed by atoms with Crippen LogP contribution in [0.3, 0.4) is 0 Å². The van der Waals surface area contributed by atoms with Crippen LogP contribution in [0.25, 0.3) is 33.3 Å². The highest BCUT2D eigenvalue weighted by Gasteiger charge is 2.26. The number of rotatable bonds is 2. The minimum atomic E-state index is 0.00772. The zero-order valence-electron chi connectivity index (χ0n) is 14.1. The van der Waals surface area contributed by atoms with Gasteiger partial charge in [0, 0.05) is 24.0 Å². The van der Waals surface area contributed by atoms with E-state index < -0.39 is 0 Å². The molecule has 2 aromatic heterocycles.